The Labute approximate surface area is 90.8 Å². The van der Waals surface area contributed by atoms with Crippen LogP contribution in [-0.2, 0) is 9.53 Å². The molecular weight excluding hydrogens is 192 g/mol. The Morgan fingerprint density at radius 1 is 1.47 bits per heavy atom. The molecule has 2 aliphatic carbocycles. The van der Waals surface area contributed by atoms with Crippen LogP contribution in [0.1, 0.15) is 45.4 Å². The fourth-order valence-electron chi connectivity index (χ4n) is 3.55. The van der Waals surface area contributed by atoms with Gasteiger partial charge in [0.15, 0.2) is 5.60 Å². The molecule has 15 heavy (non-hydrogen) atoms. The smallest absolute Gasteiger partial charge is 0.337 e. The molecule has 0 radical (unpaired) electrons. The molecule has 0 spiro atoms. The van der Waals surface area contributed by atoms with Gasteiger partial charge in [-0.25, -0.2) is 4.79 Å². The number of rotatable bonds is 1. The molecule has 3 heteroatoms. The molecule has 0 bridgehead atoms. The van der Waals surface area contributed by atoms with Gasteiger partial charge in [-0.3, -0.25) is 0 Å². The van der Waals surface area contributed by atoms with E-state index in [0.717, 1.165) is 12.8 Å². The zero-order chi connectivity index (χ0) is 11.1. The van der Waals surface area contributed by atoms with Gasteiger partial charge in [-0.1, -0.05) is 19.8 Å². The van der Waals surface area contributed by atoms with Gasteiger partial charge < -0.3 is 9.84 Å². The molecule has 1 N–H and O–H groups in total. The maximum atomic E-state index is 11.5. The molecule has 2 saturated carbocycles. The fourth-order valence-corrected chi connectivity index (χ4v) is 3.55. The van der Waals surface area contributed by atoms with Crippen LogP contribution in [0.3, 0.4) is 0 Å². The highest BCUT2D eigenvalue weighted by Gasteiger charge is 2.55. The minimum Gasteiger partial charge on any atom is -0.467 e. The molecule has 0 amide bonds. The Morgan fingerprint density at radius 3 is 2.80 bits per heavy atom. The highest BCUT2D eigenvalue weighted by molar-refractivity contribution is 5.79. The lowest BCUT2D eigenvalue weighted by Gasteiger charge is -2.35. The topological polar surface area (TPSA) is 46.5 Å². The van der Waals surface area contributed by atoms with Gasteiger partial charge in [-0.15, -0.1) is 0 Å². The van der Waals surface area contributed by atoms with Crippen LogP contribution in [0.15, 0.2) is 0 Å². The lowest BCUT2D eigenvalue weighted by molar-refractivity contribution is -0.162. The molecule has 0 aromatic carbocycles. The van der Waals surface area contributed by atoms with Crippen molar-refractivity contribution < 1.29 is 14.6 Å². The Bertz CT molecular complexity index is 276. The monoisotopic (exact) mass is 212 g/mol. The quantitative estimate of drug-likeness (QED) is 0.675. The van der Waals surface area contributed by atoms with Crippen LogP contribution in [-0.4, -0.2) is 23.8 Å². The Morgan fingerprint density at radius 2 is 2.20 bits per heavy atom. The molecule has 2 rings (SSSR count). The van der Waals surface area contributed by atoms with Gasteiger partial charge in [-0.2, -0.15) is 0 Å². The van der Waals surface area contributed by atoms with Crippen LogP contribution in [0.2, 0.25) is 0 Å². The number of methoxy groups -OCH3 is 1. The molecular formula is C12H20O3. The molecule has 3 nitrogen and oxygen atoms in total. The molecule has 2 aliphatic rings. The maximum absolute atomic E-state index is 11.5. The van der Waals surface area contributed by atoms with E-state index >= 15 is 0 Å². The van der Waals surface area contributed by atoms with E-state index in [9.17, 15) is 9.90 Å². The van der Waals surface area contributed by atoms with Crippen molar-refractivity contribution in [2.75, 3.05) is 7.11 Å². The van der Waals surface area contributed by atoms with E-state index in [0.29, 0.717) is 18.8 Å². The fraction of sp³-hybridized carbons (Fsp3) is 0.917. The van der Waals surface area contributed by atoms with Crippen molar-refractivity contribution in [3.05, 3.63) is 0 Å². The van der Waals surface area contributed by atoms with Crippen molar-refractivity contribution in [1.29, 1.82) is 0 Å². The van der Waals surface area contributed by atoms with Crippen molar-refractivity contribution >= 4 is 5.97 Å². The normalized spacial score (nSPS) is 44.9. The van der Waals surface area contributed by atoms with Gasteiger partial charge in [0, 0.05) is 0 Å². The lowest BCUT2D eigenvalue weighted by Crippen LogP contribution is -2.37. The standard InChI is InChI=1S/C12H20O3/c1-11-6-4-3-5-9(11)7-12(14,8-11)10(13)15-2/h9,14H,3-8H2,1-2H3/t9-,11+,12?/m0/s1. The second kappa shape index (κ2) is 3.48. The summed E-state index contributed by atoms with van der Waals surface area (Å²) in [4.78, 5) is 11.5. The number of carbonyl (C=O) groups excluding carboxylic acids is 1. The van der Waals surface area contributed by atoms with Gasteiger partial charge in [0.2, 0.25) is 0 Å². The first-order chi connectivity index (χ1) is 7.00. The van der Waals surface area contributed by atoms with E-state index in [1.807, 2.05) is 0 Å². The van der Waals surface area contributed by atoms with Gasteiger partial charge >= 0.3 is 5.97 Å². The van der Waals surface area contributed by atoms with E-state index in [4.69, 9.17) is 4.74 Å². The van der Waals surface area contributed by atoms with Crippen molar-refractivity contribution in [1.82, 2.24) is 0 Å². The molecule has 0 saturated heterocycles. The Balaban J connectivity index is 2.18. The molecule has 2 fully saturated rings. The van der Waals surface area contributed by atoms with E-state index in [1.54, 1.807) is 0 Å². The molecule has 0 aromatic heterocycles. The summed E-state index contributed by atoms with van der Waals surface area (Å²) < 4.78 is 4.70. The summed E-state index contributed by atoms with van der Waals surface area (Å²) in [6.45, 7) is 2.21. The van der Waals surface area contributed by atoms with Crippen LogP contribution in [0, 0.1) is 11.3 Å². The number of ether oxygens (including phenoxy) is 1. The molecule has 3 atom stereocenters. The van der Waals surface area contributed by atoms with Crippen LogP contribution >= 0.6 is 0 Å². The number of fused-ring (bicyclic) bond motifs is 1. The average Bonchev–Trinajstić information content (AvgIpc) is 2.48. The molecule has 1 unspecified atom stereocenters. The third kappa shape index (κ3) is 1.67. The highest BCUT2D eigenvalue weighted by atomic mass is 16.5. The molecule has 0 heterocycles. The summed E-state index contributed by atoms with van der Waals surface area (Å²) in [7, 11) is 1.35. The van der Waals surface area contributed by atoms with Crippen molar-refractivity contribution in [3.8, 4) is 0 Å². The molecule has 0 aliphatic heterocycles. The van der Waals surface area contributed by atoms with Crippen LogP contribution < -0.4 is 0 Å². The van der Waals surface area contributed by atoms with E-state index in [2.05, 4.69) is 6.92 Å². The number of carbonyl (C=O) groups is 1. The zero-order valence-electron chi connectivity index (χ0n) is 9.58. The Kier molecular flexibility index (Phi) is 2.53. The van der Waals surface area contributed by atoms with Crippen LogP contribution in [0.25, 0.3) is 0 Å². The van der Waals surface area contributed by atoms with Crippen molar-refractivity contribution in [2.24, 2.45) is 11.3 Å². The number of hydrogen-bond acceptors (Lipinski definition) is 3. The number of aliphatic hydroxyl groups is 1. The second-order valence-electron chi connectivity index (χ2n) is 5.50. The third-order valence-electron chi connectivity index (χ3n) is 4.38. The first-order valence-corrected chi connectivity index (χ1v) is 5.81. The van der Waals surface area contributed by atoms with Crippen LogP contribution in [0.4, 0.5) is 0 Å². The van der Waals surface area contributed by atoms with Crippen molar-refractivity contribution in [3.63, 3.8) is 0 Å². The van der Waals surface area contributed by atoms with Crippen molar-refractivity contribution in [2.45, 2.75) is 51.0 Å². The summed E-state index contributed by atoms with van der Waals surface area (Å²) in [6, 6.07) is 0. The second-order valence-corrected chi connectivity index (χ2v) is 5.50. The summed E-state index contributed by atoms with van der Waals surface area (Å²) >= 11 is 0. The first kappa shape index (κ1) is 10.9. The third-order valence-corrected chi connectivity index (χ3v) is 4.38. The minimum absolute atomic E-state index is 0.154. The number of esters is 1. The predicted octanol–water partition coefficient (Wildman–Crippen LogP) is 1.88. The molecule has 0 aromatic rings. The maximum Gasteiger partial charge on any atom is 0.337 e. The summed E-state index contributed by atoms with van der Waals surface area (Å²) in [5.74, 6) is 0.0495. The summed E-state index contributed by atoms with van der Waals surface area (Å²) in [5.41, 5.74) is -1.06. The van der Waals surface area contributed by atoms with Gasteiger partial charge in [0.25, 0.3) is 0 Å². The largest absolute Gasteiger partial charge is 0.467 e. The highest BCUT2D eigenvalue weighted by Crippen LogP contribution is 2.55. The van der Waals surface area contributed by atoms with E-state index < -0.39 is 11.6 Å². The Hall–Kier alpha value is -0.570. The van der Waals surface area contributed by atoms with Gasteiger partial charge in [0.1, 0.15) is 0 Å². The summed E-state index contributed by atoms with van der Waals surface area (Å²) in [6.07, 6.45) is 5.92. The van der Waals surface area contributed by atoms with Crippen LogP contribution in [0.5, 0.6) is 0 Å². The molecule has 86 valence electrons. The average molecular weight is 212 g/mol. The predicted molar refractivity (Wildman–Crippen MR) is 56.3 cm³/mol. The SMILES string of the molecule is COC(=O)C1(O)C[C@@H]2CCCC[C@]2(C)C1. The first-order valence-electron chi connectivity index (χ1n) is 5.81. The number of hydrogen-bond donors (Lipinski definition) is 1. The minimum atomic E-state index is -1.21. The van der Waals surface area contributed by atoms with Gasteiger partial charge in [-0.05, 0) is 37.0 Å². The lowest BCUT2D eigenvalue weighted by atomic mass is 9.70. The zero-order valence-corrected chi connectivity index (χ0v) is 9.58. The van der Waals surface area contributed by atoms with E-state index in [1.165, 1.54) is 20.0 Å². The van der Waals surface area contributed by atoms with E-state index in [-0.39, 0.29) is 5.41 Å². The van der Waals surface area contributed by atoms with Gasteiger partial charge in [0.05, 0.1) is 7.11 Å². The summed E-state index contributed by atoms with van der Waals surface area (Å²) in [5, 5.41) is 10.3.